The summed E-state index contributed by atoms with van der Waals surface area (Å²) in [6, 6.07) is 3.24. The topological polar surface area (TPSA) is 93.3 Å². The van der Waals surface area contributed by atoms with E-state index in [2.05, 4.69) is 4.98 Å². The Morgan fingerprint density at radius 2 is 2.16 bits per heavy atom. The molecule has 6 heteroatoms. The number of hydrogen-bond acceptors (Lipinski definition) is 5. The van der Waals surface area contributed by atoms with Crippen LogP contribution < -0.4 is 5.73 Å². The van der Waals surface area contributed by atoms with Gasteiger partial charge in [0.15, 0.2) is 5.78 Å². The molecule has 0 radical (unpaired) electrons. The van der Waals surface area contributed by atoms with E-state index in [0.717, 1.165) is 5.56 Å². The molecule has 0 bridgehead atoms. The highest BCUT2D eigenvalue weighted by atomic mass is 32.1. The van der Waals surface area contributed by atoms with Crippen molar-refractivity contribution < 1.29 is 14.7 Å². The van der Waals surface area contributed by atoms with E-state index in [1.807, 2.05) is 16.8 Å². The number of carbonyl (C=O) groups is 2. The minimum atomic E-state index is -1.24. The Morgan fingerprint density at radius 1 is 1.42 bits per heavy atom. The molecule has 0 aromatic carbocycles. The predicted molar refractivity (Wildman–Crippen MR) is 72.7 cm³/mol. The molecule has 2 aromatic rings. The van der Waals surface area contributed by atoms with Gasteiger partial charge in [0.1, 0.15) is 11.4 Å². The van der Waals surface area contributed by atoms with Crippen molar-refractivity contribution in [3.05, 3.63) is 45.8 Å². The Labute approximate surface area is 113 Å². The van der Waals surface area contributed by atoms with E-state index < -0.39 is 11.9 Å². The summed E-state index contributed by atoms with van der Waals surface area (Å²) in [7, 11) is 0. The second-order valence-electron chi connectivity index (χ2n) is 4.07. The molecule has 0 saturated carbocycles. The average molecular weight is 276 g/mol. The summed E-state index contributed by atoms with van der Waals surface area (Å²) in [5.41, 5.74) is 6.27. The third kappa shape index (κ3) is 2.48. The van der Waals surface area contributed by atoms with Gasteiger partial charge in [-0.2, -0.15) is 11.3 Å². The molecule has 1 unspecified atom stereocenters. The fourth-order valence-electron chi connectivity index (χ4n) is 1.81. The molecule has 3 N–H and O–H groups in total. The summed E-state index contributed by atoms with van der Waals surface area (Å²) in [5.74, 6) is -2.07. The molecule has 5 nitrogen and oxygen atoms in total. The molecule has 2 aromatic heterocycles. The monoisotopic (exact) mass is 276 g/mol. The van der Waals surface area contributed by atoms with Gasteiger partial charge in [0.05, 0.1) is 0 Å². The van der Waals surface area contributed by atoms with Gasteiger partial charge in [-0.15, -0.1) is 0 Å². The minimum Gasteiger partial charge on any atom is -0.478 e. The number of rotatable bonds is 4. The molecule has 0 fully saturated rings. The Hall–Kier alpha value is -2.21. The smallest absolute Gasteiger partial charge is 0.340 e. The van der Waals surface area contributed by atoms with E-state index in [4.69, 9.17) is 10.8 Å². The number of aromatic nitrogens is 1. The Morgan fingerprint density at radius 3 is 2.74 bits per heavy atom. The molecule has 1 atom stereocenters. The maximum Gasteiger partial charge on any atom is 0.340 e. The lowest BCUT2D eigenvalue weighted by Crippen LogP contribution is -2.16. The molecule has 19 heavy (non-hydrogen) atoms. The van der Waals surface area contributed by atoms with Gasteiger partial charge in [-0.05, 0) is 28.5 Å². The molecule has 0 amide bonds. The van der Waals surface area contributed by atoms with Crippen LogP contribution in [0.5, 0.6) is 0 Å². The zero-order valence-corrected chi connectivity index (χ0v) is 11.0. The molecule has 98 valence electrons. The van der Waals surface area contributed by atoms with Crippen LogP contribution in [-0.4, -0.2) is 21.8 Å². The van der Waals surface area contributed by atoms with Crippen molar-refractivity contribution in [1.82, 2.24) is 4.98 Å². The van der Waals surface area contributed by atoms with Crippen LogP contribution in [0, 0.1) is 0 Å². The van der Waals surface area contributed by atoms with Gasteiger partial charge in [0.2, 0.25) is 0 Å². The van der Waals surface area contributed by atoms with Crippen molar-refractivity contribution in [3.8, 4) is 0 Å². The summed E-state index contributed by atoms with van der Waals surface area (Å²) in [6.07, 6.45) is 1.34. The first kappa shape index (κ1) is 13.2. The number of nitrogens with two attached hydrogens (primary N) is 1. The van der Waals surface area contributed by atoms with Gasteiger partial charge in [-0.25, -0.2) is 9.78 Å². The van der Waals surface area contributed by atoms with Crippen molar-refractivity contribution in [2.24, 2.45) is 0 Å². The van der Waals surface area contributed by atoms with Crippen LogP contribution in [-0.2, 0) is 0 Å². The van der Waals surface area contributed by atoms with Gasteiger partial charge in [0.25, 0.3) is 0 Å². The van der Waals surface area contributed by atoms with E-state index >= 15 is 0 Å². The molecule has 0 aliphatic rings. The van der Waals surface area contributed by atoms with Crippen molar-refractivity contribution in [3.63, 3.8) is 0 Å². The summed E-state index contributed by atoms with van der Waals surface area (Å²) >= 11 is 1.49. The lowest BCUT2D eigenvalue weighted by molar-refractivity contribution is 0.0692. The van der Waals surface area contributed by atoms with Gasteiger partial charge in [0, 0.05) is 17.7 Å². The fraction of sp³-hybridized carbons (Fsp3) is 0.154. The van der Waals surface area contributed by atoms with E-state index in [1.54, 1.807) is 6.92 Å². The number of hydrogen-bond donors (Lipinski definition) is 2. The molecule has 2 rings (SSSR count). The van der Waals surface area contributed by atoms with Crippen molar-refractivity contribution in [2.45, 2.75) is 12.8 Å². The summed E-state index contributed by atoms with van der Waals surface area (Å²) < 4.78 is 0. The lowest BCUT2D eigenvalue weighted by Gasteiger charge is -2.11. The number of thiophene rings is 1. The first-order valence-corrected chi connectivity index (χ1v) is 6.50. The Kier molecular flexibility index (Phi) is 3.62. The van der Waals surface area contributed by atoms with Gasteiger partial charge in [-0.3, -0.25) is 4.79 Å². The van der Waals surface area contributed by atoms with E-state index in [1.165, 1.54) is 23.6 Å². The standard InChI is InChI=1S/C13H12N2O3S/c1-7(8-3-5-19-6-8)11(16)9-2-4-15-12(14)10(9)13(17)18/h2-7H,1H3,(H2,14,15)(H,17,18). The number of ketones is 1. The van der Waals surface area contributed by atoms with Crippen LogP contribution in [0.2, 0.25) is 0 Å². The highest BCUT2D eigenvalue weighted by Gasteiger charge is 2.24. The fourth-order valence-corrected chi connectivity index (χ4v) is 2.57. The number of anilines is 1. The second-order valence-corrected chi connectivity index (χ2v) is 4.85. The number of carboxylic acid groups (broad SMARTS) is 1. The van der Waals surface area contributed by atoms with Crippen molar-refractivity contribution >= 4 is 28.9 Å². The van der Waals surface area contributed by atoms with Crippen LogP contribution in [0.25, 0.3) is 0 Å². The highest BCUT2D eigenvalue weighted by Crippen LogP contribution is 2.25. The number of nitrogen functional groups attached to an aromatic ring is 1. The molecular weight excluding hydrogens is 264 g/mol. The summed E-state index contributed by atoms with van der Waals surface area (Å²) in [6.45, 7) is 1.74. The lowest BCUT2D eigenvalue weighted by atomic mass is 9.92. The average Bonchev–Trinajstić information content (AvgIpc) is 2.90. The Bertz CT molecular complexity index is 623. The normalized spacial score (nSPS) is 12.1. The Balaban J connectivity index is 2.45. The van der Waals surface area contributed by atoms with Crippen LogP contribution >= 0.6 is 11.3 Å². The summed E-state index contributed by atoms with van der Waals surface area (Å²) in [4.78, 5) is 27.3. The van der Waals surface area contributed by atoms with Gasteiger partial charge < -0.3 is 10.8 Å². The molecule has 0 aliphatic carbocycles. The van der Waals surface area contributed by atoms with Crippen LogP contribution in [0.1, 0.15) is 39.1 Å². The van der Waals surface area contributed by atoms with Crippen molar-refractivity contribution in [2.75, 3.05) is 5.73 Å². The number of aromatic carboxylic acids is 1. The maximum atomic E-state index is 12.4. The quantitative estimate of drug-likeness (QED) is 0.836. The van der Waals surface area contributed by atoms with Gasteiger partial charge >= 0.3 is 5.97 Å². The zero-order valence-electron chi connectivity index (χ0n) is 10.2. The van der Waals surface area contributed by atoms with E-state index in [-0.39, 0.29) is 22.7 Å². The number of pyridine rings is 1. The highest BCUT2D eigenvalue weighted by molar-refractivity contribution is 7.08. The predicted octanol–water partition coefficient (Wildman–Crippen LogP) is 2.41. The molecule has 2 heterocycles. The first-order chi connectivity index (χ1) is 9.02. The number of Topliss-reactive ketones (excluding diaryl/α,β-unsaturated/α-hetero) is 1. The van der Waals surface area contributed by atoms with Crippen molar-refractivity contribution in [1.29, 1.82) is 0 Å². The third-order valence-corrected chi connectivity index (χ3v) is 3.60. The maximum absolute atomic E-state index is 12.4. The third-order valence-electron chi connectivity index (χ3n) is 2.90. The SMILES string of the molecule is CC(C(=O)c1ccnc(N)c1C(=O)O)c1ccsc1. The number of carboxylic acids is 1. The van der Waals surface area contributed by atoms with E-state index in [9.17, 15) is 9.59 Å². The van der Waals surface area contributed by atoms with Crippen LogP contribution in [0.3, 0.4) is 0 Å². The molecule has 0 aliphatic heterocycles. The van der Waals surface area contributed by atoms with Crippen LogP contribution in [0.15, 0.2) is 29.1 Å². The number of carbonyl (C=O) groups excluding carboxylic acids is 1. The van der Waals surface area contributed by atoms with Crippen LogP contribution in [0.4, 0.5) is 5.82 Å². The minimum absolute atomic E-state index is 0.0960. The molecule has 0 spiro atoms. The summed E-state index contributed by atoms with van der Waals surface area (Å²) in [5, 5.41) is 12.9. The van der Waals surface area contributed by atoms with E-state index in [0.29, 0.717) is 0 Å². The second kappa shape index (κ2) is 5.19. The molecule has 0 saturated heterocycles. The molecular formula is C13H12N2O3S. The first-order valence-electron chi connectivity index (χ1n) is 5.56. The largest absolute Gasteiger partial charge is 0.478 e. The number of nitrogens with zero attached hydrogens (tertiary/aromatic N) is 1. The zero-order chi connectivity index (χ0) is 14.0. The van der Waals surface area contributed by atoms with Gasteiger partial charge in [-0.1, -0.05) is 6.92 Å².